The summed E-state index contributed by atoms with van der Waals surface area (Å²) in [7, 11) is -2.79. The van der Waals surface area contributed by atoms with Gasteiger partial charge in [-0.3, -0.25) is 14.6 Å². The number of alkyl halides is 3. The van der Waals surface area contributed by atoms with Crippen LogP contribution < -0.4 is 0 Å². The van der Waals surface area contributed by atoms with Gasteiger partial charge in [0.25, 0.3) is 0 Å². The Bertz CT molecular complexity index is 1190. The third-order valence-corrected chi connectivity index (χ3v) is 10.1. The van der Waals surface area contributed by atoms with Crippen LogP contribution in [0, 0.1) is 17.3 Å². The van der Waals surface area contributed by atoms with Crippen molar-refractivity contribution in [2.24, 2.45) is 17.3 Å². The highest BCUT2D eigenvalue weighted by Gasteiger charge is 2.63. The zero-order chi connectivity index (χ0) is 23.3. The molecule has 0 radical (unpaired) electrons. The zero-order valence-corrected chi connectivity index (χ0v) is 19.4. The van der Waals surface area contributed by atoms with Crippen molar-refractivity contribution < 1.29 is 21.6 Å². The molecule has 10 heteroatoms. The first-order valence-electron chi connectivity index (χ1n) is 11.5. The summed E-state index contributed by atoms with van der Waals surface area (Å²) in [5.74, 6) is 2.22. The van der Waals surface area contributed by atoms with Gasteiger partial charge in [-0.2, -0.15) is 18.3 Å². The van der Waals surface area contributed by atoms with Gasteiger partial charge < -0.3 is 0 Å². The SMILES string of the molecule is CC(C)n1nc(-c2cncc(C(F)(F)F)c2)cc1C1[C@H]2CC(N3CC4(C3)CS(=O)(=O)C4)C[C@@H]12. The number of sulfone groups is 1. The molecule has 2 saturated heterocycles. The summed E-state index contributed by atoms with van der Waals surface area (Å²) in [6.07, 6.45) is 0.0439. The molecule has 4 aliphatic rings. The van der Waals surface area contributed by atoms with E-state index >= 15 is 0 Å². The van der Waals surface area contributed by atoms with E-state index in [0.29, 0.717) is 46.6 Å². The van der Waals surface area contributed by atoms with Gasteiger partial charge in [0.1, 0.15) is 0 Å². The average Bonchev–Trinajstić information content (AvgIpc) is 3.05. The van der Waals surface area contributed by atoms with Crippen molar-refractivity contribution in [3.05, 3.63) is 35.8 Å². The van der Waals surface area contributed by atoms with Crippen LogP contribution >= 0.6 is 0 Å². The number of nitrogens with zero attached hydrogens (tertiary/aromatic N) is 4. The van der Waals surface area contributed by atoms with Crippen LogP contribution in [0.25, 0.3) is 11.3 Å². The van der Waals surface area contributed by atoms with Crippen LogP contribution in [-0.4, -0.2) is 58.7 Å². The molecular weight excluding hydrogens is 453 g/mol. The number of aromatic nitrogens is 3. The molecule has 2 unspecified atom stereocenters. The molecule has 2 aliphatic heterocycles. The summed E-state index contributed by atoms with van der Waals surface area (Å²) in [6.45, 7) is 5.88. The molecule has 1 spiro atoms. The van der Waals surface area contributed by atoms with Crippen molar-refractivity contribution in [3.8, 4) is 11.3 Å². The maximum atomic E-state index is 13.1. The van der Waals surface area contributed by atoms with E-state index in [1.54, 1.807) is 0 Å². The minimum atomic E-state index is -4.44. The molecule has 0 bridgehead atoms. The Morgan fingerprint density at radius 2 is 1.76 bits per heavy atom. The van der Waals surface area contributed by atoms with Crippen molar-refractivity contribution >= 4 is 9.84 Å². The largest absolute Gasteiger partial charge is 0.417 e. The molecule has 2 aromatic heterocycles. The van der Waals surface area contributed by atoms with Crippen LogP contribution in [0.1, 0.15) is 49.9 Å². The molecule has 0 amide bonds. The summed E-state index contributed by atoms with van der Waals surface area (Å²) in [4.78, 5) is 6.25. The fourth-order valence-corrected chi connectivity index (χ4v) is 8.79. The van der Waals surface area contributed by atoms with Crippen LogP contribution in [0.15, 0.2) is 24.5 Å². The Kier molecular flexibility index (Phi) is 4.45. The van der Waals surface area contributed by atoms with Crippen LogP contribution in [0.4, 0.5) is 13.2 Å². The van der Waals surface area contributed by atoms with Gasteiger partial charge >= 0.3 is 6.18 Å². The Balaban J connectivity index is 1.17. The highest BCUT2D eigenvalue weighted by molar-refractivity contribution is 7.92. The van der Waals surface area contributed by atoms with Gasteiger partial charge in [0.05, 0.1) is 22.8 Å². The first-order chi connectivity index (χ1) is 15.4. The number of likely N-dealkylation sites (tertiary alicyclic amines) is 1. The van der Waals surface area contributed by atoms with Crippen LogP contribution in [0.2, 0.25) is 0 Å². The maximum absolute atomic E-state index is 13.1. The molecule has 2 aliphatic carbocycles. The Hall–Kier alpha value is -1.94. The Morgan fingerprint density at radius 3 is 2.33 bits per heavy atom. The van der Waals surface area contributed by atoms with Gasteiger partial charge in [-0.15, -0.1) is 0 Å². The minimum absolute atomic E-state index is 0.0230. The van der Waals surface area contributed by atoms with Gasteiger partial charge in [0.2, 0.25) is 0 Å². The quantitative estimate of drug-likeness (QED) is 0.667. The van der Waals surface area contributed by atoms with Crippen molar-refractivity contribution in [2.45, 2.75) is 50.9 Å². The van der Waals surface area contributed by atoms with Gasteiger partial charge in [-0.1, -0.05) is 0 Å². The number of rotatable bonds is 4. The first-order valence-corrected chi connectivity index (χ1v) is 13.3. The molecule has 33 heavy (non-hydrogen) atoms. The van der Waals surface area contributed by atoms with E-state index in [4.69, 9.17) is 0 Å². The van der Waals surface area contributed by atoms with E-state index < -0.39 is 21.6 Å². The molecule has 6 rings (SSSR count). The van der Waals surface area contributed by atoms with E-state index in [0.717, 1.165) is 43.9 Å². The molecule has 4 atom stereocenters. The number of fused-ring (bicyclic) bond motifs is 1. The molecule has 2 aromatic rings. The van der Waals surface area contributed by atoms with Crippen LogP contribution in [-0.2, 0) is 16.0 Å². The number of hydrogen-bond donors (Lipinski definition) is 0. The summed E-state index contributed by atoms with van der Waals surface area (Å²) in [6, 6.07) is 3.70. The fraction of sp³-hybridized carbons (Fsp3) is 0.652. The number of pyridine rings is 1. The van der Waals surface area contributed by atoms with E-state index in [1.807, 2.05) is 24.6 Å². The second-order valence-corrected chi connectivity index (χ2v) is 12.9. The fourth-order valence-electron chi connectivity index (χ4n) is 6.64. The summed E-state index contributed by atoms with van der Waals surface area (Å²) < 4.78 is 64.5. The van der Waals surface area contributed by atoms with Crippen molar-refractivity contribution in [1.29, 1.82) is 0 Å². The molecule has 178 valence electrons. The van der Waals surface area contributed by atoms with Crippen molar-refractivity contribution in [1.82, 2.24) is 19.7 Å². The molecular formula is C23H27F3N4O2S. The minimum Gasteiger partial charge on any atom is -0.299 e. The van der Waals surface area contributed by atoms with Gasteiger partial charge in [0.15, 0.2) is 9.84 Å². The third kappa shape index (κ3) is 3.51. The lowest BCUT2D eigenvalue weighted by atomic mass is 9.81. The average molecular weight is 481 g/mol. The number of hydrogen-bond acceptors (Lipinski definition) is 5. The monoisotopic (exact) mass is 480 g/mol. The van der Waals surface area contributed by atoms with E-state index in [-0.39, 0.29) is 11.5 Å². The van der Waals surface area contributed by atoms with Gasteiger partial charge in [-0.05, 0) is 50.7 Å². The third-order valence-electron chi connectivity index (χ3n) is 8.02. The molecule has 4 heterocycles. The molecule has 4 fully saturated rings. The van der Waals surface area contributed by atoms with Crippen molar-refractivity contribution in [2.75, 3.05) is 24.6 Å². The predicted molar refractivity (Wildman–Crippen MR) is 116 cm³/mol. The van der Waals surface area contributed by atoms with Crippen molar-refractivity contribution in [3.63, 3.8) is 0 Å². The summed E-state index contributed by atoms with van der Waals surface area (Å²) >= 11 is 0. The highest BCUT2D eigenvalue weighted by Crippen LogP contribution is 2.65. The summed E-state index contributed by atoms with van der Waals surface area (Å²) in [5.41, 5.74) is 1.29. The van der Waals surface area contributed by atoms with Crippen LogP contribution in [0.5, 0.6) is 0 Å². The highest BCUT2D eigenvalue weighted by atomic mass is 32.2. The van der Waals surface area contributed by atoms with Gasteiger partial charge in [-0.25, -0.2) is 8.42 Å². The smallest absolute Gasteiger partial charge is 0.299 e. The lowest BCUT2D eigenvalue weighted by Gasteiger charge is -2.57. The predicted octanol–water partition coefficient (Wildman–Crippen LogP) is 3.77. The van der Waals surface area contributed by atoms with Gasteiger partial charge in [0, 0.05) is 60.2 Å². The first kappa shape index (κ1) is 21.6. The van der Waals surface area contributed by atoms with E-state index in [2.05, 4.69) is 15.0 Å². The maximum Gasteiger partial charge on any atom is 0.417 e. The molecule has 0 N–H and O–H groups in total. The normalized spacial score (nSPS) is 31.9. The topological polar surface area (TPSA) is 68.1 Å². The molecule has 0 aromatic carbocycles. The van der Waals surface area contributed by atoms with E-state index in [1.165, 1.54) is 6.20 Å². The Labute approximate surface area is 191 Å². The summed E-state index contributed by atoms with van der Waals surface area (Å²) in [5, 5.41) is 4.67. The second-order valence-electron chi connectivity index (χ2n) is 10.9. The second kappa shape index (κ2) is 6.81. The lowest BCUT2D eigenvalue weighted by molar-refractivity contribution is -0.137. The molecule has 2 saturated carbocycles. The Morgan fingerprint density at radius 1 is 1.09 bits per heavy atom. The number of halogens is 3. The zero-order valence-electron chi connectivity index (χ0n) is 18.6. The van der Waals surface area contributed by atoms with Crippen LogP contribution in [0.3, 0.4) is 0 Å². The lowest BCUT2D eigenvalue weighted by Crippen LogP contribution is -2.69. The van der Waals surface area contributed by atoms with E-state index in [9.17, 15) is 21.6 Å². The standard InChI is InChI=1S/C23H27F3N4O2S/c1-13(2)30-20(6-19(28-30)14-3-15(8-27-7-14)23(24,25)26)21-17-4-16(5-18(17)21)29-9-22(10-29)11-33(31,32)12-22/h3,6-8,13,16-18,21H,4-5,9-12H2,1-2H3/t16?,17-,18+,21?. The molecule has 6 nitrogen and oxygen atoms in total.